The third-order valence-corrected chi connectivity index (χ3v) is 4.14. The third kappa shape index (κ3) is 4.61. The van der Waals surface area contributed by atoms with Crippen LogP contribution in [0, 0.1) is 0 Å². The molecule has 6 nitrogen and oxygen atoms in total. The fraction of sp³-hybridized carbons (Fsp3) is 0.300. The van der Waals surface area contributed by atoms with Crippen molar-refractivity contribution < 1.29 is 23.8 Å². The van der Waals surface area contributed by atoms with Crippen LogP contribution < -0.4 is 10.1 Å². The van der Waals surface area contributed by atoms with E-state index in [1.54, 1.807) is 48.5 Å². The molecule has 1 amide bonds. The first kappa shape index (κ1) is 17.9. The van der Waals surface area contributed by atoms with E-state index < -0.39 is 5.97 Å². The number of esters is 1. The Morgan fingerprint density at radius 2 is 1.77 bits per heavy atom. The van der Waals surface area contributed by atoms with Crippen LogP contribution in [0.3, 0.4) is 0 Å². The van der Waals surface area contributed by atoms with Crippen molar-refractivity contribution in [2.24, 2.45) is 0 Å². The Balaban J connectivity index is 1.54. The first-order chi connectivity index (χ1) is 12.7. The van der Waals surface area contributed by atoms with Crippen LogP contribution in [0.4, 0.5) is 5.69 Å². The number of benzene rings is 2. The van der Waals surface area contributed by atoms with E-state index in [-0.39, 0.29) is 12.0 Å². The summed E-state index contributed by atoms with van der Waals surface area (Å²) in [6.07, 6.45) is 2.26. The zero-order valence-electron chi connectivity index (χ0n) is 14.6. The molecular formula is C20H21NO5. The molecular weight excluding hydrogens is 334 g/mol. The van der Waals surface area contributed by atoms with Crippen molar-refractivity contribution in [1.29, 1.82) is 0 Å². The molecule has 0 saturated carbocycles. The summed E-state index contributed by atoms with van der Waals surface area (Å²) in [5.41, 5.74) is 1.55. The van der Waals surface area contributed by atoms with E-state index in [2.05, 4.69) is 10.1 Å². The highest BCUT2D eigenvalue weighted by molar-refractivity contribution is 6.04. The minimum absolute atomic E-state index is 0.158. The average Bonchev–Trinajstić information content (AvgIpc) is 3.20. The van der Waals surface area contributed by atoms with Crippen LogP contribution in [0.25, 0.3) is 0 Å². The van der Waals surface area contributed by atoms with E-state index in [9.17, 15) is 9.59 Å². The Hall–Kier alpha value is -2.86. The highest BCUT2D eigenvalue weighted by Crippen LogP contribution is 2.18. The second-order valence-corrected chi connectivity index (χ2v) is 5.99. The lowest BCUT2D eigenvalue weighted by atomic mass is 10.1. The molecule has 2 aromatic rings. The molecule has 1 aliphatic heterocycles. The largest absolute Gasteiger partial charge is 0.491 e. The van der Waals surface area contributed by atoms with Crippen molar-refractivity contribution in [2.75, 3.05) is 25.6 Å². The molecule has 1 N–H and O–H groups in total. The molecule has 0 unspecified atom stereocenters. The zero-order valence-corrected chi connectivity index (χ0v) is 14.6. The maximum absolute atomic E-state index is 12.3. The summed E-state index contributed by atoms with van der Waals surface area (Å²) in [6.45, 7) is 1.33. The lowest BCUT2D eigenvalue weighted by Gasteiger charge is -2.12. The standard InChI is InChI=1S/C20H21NO5/c1-24-20(23)15-4-8-16(9-5-15)21-19(22)14-6-10-17(11-7-14)26-13-18-3-2-12-25-18/h4-11,18H,2-3,12-13H2,1H3,(H,21,22)/t18-/m0/s1. The molecule has 0 spiro atoms. The fourth-order valence-electron chi connectivity index (χ4n) is 2.68. The van der Waals surface area contributed by atoms with Crippen LogP contribution in [-0.4, -0.2) is 38.3 Å². The number of anilines is 1. The number of rotatable bonds is 6. The number of ether oxygens (including phenoxy) is 3. The molecule has 0 bridgehead atoms. The average molecular weight is 355 g/mol. The van der Waals surface area contributed by atoms with Gasteiger partial charge in [0, 0.05) is 17.9 Å². The first-order valence-electron chi connectivity index (χ1n) is 8.50. The minimum atomic E-state index is -0.415. The van der Waals surface area contributed by atoms with Crippen molar-refractivity contribution in [3.63, 3.8) is 0 Å². The summed E-state index contributed by atoms with van der Waals surface area (Å²) in [5.74, 6) is 0.0578. The van der Waals surface area contributed by atoms with Gasteiger partial charge in [-0.2, -0.15) is 0 Å². The number of carbonyl (C=O) groups excluding carboxylic acids is 2. The van der Waals surface area contributed by atoms with Gasteiger partial charge in [-0.05, 0) is 61.4 Å². The van der Waals surface area contributed by atoms with E-state index in [1.807, 2.05) is 0 Å². The minimum Gasteiger partial charge on any atom is -0.491 e. The molecule has 0 aliphatic carbocycles. The number of nitrogens with one attached hydrogen (secondary N) is 1. The van der Waals surface area contributed by atoms with E-state index >= 15 is 0 Å². The van der Waals surface area contributed by atoms with Crippen molar-refractivity contribution in [3.05, 3.63) is 59.7 Å². The van der Waals surface area contributed by atoms with Crippen LogP contribution in [0.15, 0.2) is 48.5 Å². The van der Waals surface area contributed by atoms with Gasteiger partial charge in [-0.25, -0.2) is 4.79 Å². The lowest BCUT2D eigenvalue weighted by molar-refractivity contribution is 0.0600. The number of carbonyl (C=O) groups is 2. The molecule has 0 aromatic heterocycles. The predicted octanol–water partition coefficient (Wildman–Crippen LogP) is 3.28. The predicted molar refractivity (Wildman–Crippen MR) is 96.6 cm³/mol. The Morgan fingerprint density at radius 3 is 2.38 bits per heavy atom. The fourth-order valence-corrected chi connectivity index (χ4v) is 2.68. The van der Waals surface area contributed by atoms with Gasteiger partial charge in [0.15, 0.2) is 0 Å². The van der Waals surface area contributed by atoms with Gasteiger partial charge in [0.1, 0.15) is 12.4 Å². The van der Waals surface area contributed by atoms with Gasteiger partial charge in [-0.1, -0.05) is 0 Å². The smallest absolute Gasteiger partial charge is 0.337 e. The van der Waals surface area contributed by atoms with E-state index in [0.29, 0.717) is 29.2 Å². The lowest BCUT2D eigenvalue weighted by Crippen LogP contribution is -2.16. The maximum atomic E-state index is 12.3. The molecule has 6 heteroatoms. The summed E-state index contributed by atoms with van der Waals surface area (Å²) in [7, 11) is 1.33. The van der Waals surface area contributed by atoms with Crippen molar-refractivity contribution in [1.82, 2.24) is 0 Å². The van der Waals surface area contributed by atoms with Gasteiger partial charge in [0.25, 0.3) is 5.91 Å². The van der Waals surface area contributed by atoms with Crippen LogP contribution in [0.2, 0.25) is 0 Å². The highest BCUT2D eigenvalue weighted by atomic mass is 16.5. The second kappa shape index (κ2) is 8.49. The van der Waals surface area contributed by atoms with E-state index in [1.165, 1.54) is 7.11 Å². The molecule has 1 heterocycles. The van der Waals surface area contributed by atoms with Crippen LogP contribution in [-0.2, 0) is 9.47 Å². The zero-order chi connectivity index (χ0) is 18.4. The van der Waals surface area contributed by atoms with Crippen molar-refractivity contribution >= 4 is 17.6 Å². The van der Waals surface area contributed by atoms with Gasteiger partial charge < -0.3 is 19.5 Å². The summed E-state index contributed by atoms with van der Waals surface area (Å²) in [4.78, 5) is 23.7. The molecule has 0 radical (unpaired) electrons. The molecule has 1 atom stereocenters. The van der Waals surface area contributed by atoms with Crippen molar-refractivity contribution in [2.45, 2.75) is 18.9 Å². The Kier molecular flexibility index (Phi) is 5.86. The van der Waals surface area contributed by atoms with Gasteiger partial charge in [0.05, 0.1) is 18.8 Å². The van der Waals surface area contributed by atoms with Crippen molar-refractivity contribution in [3.8, 4) is 5.75 Å². The summed E-state index contributed by atoms with van der Waals surface area (Å²) in [5, 5.41) is 2.79. The normalized spacial score (nSPS) is 16.1. The molecule has 136 valence electrons. The quantitative estimate of drug-likeness (QED) is 0.805. The Labute approximate surface area is 152 Å². The second-order valence-electron chi connectivity index (χ2n) is 5.99. The maximum Gasteiger partial charge on any atom is 0.337 e. The molecule has 1 fully saturated rings. The number of hydrogen-bond acceptors (Lipinski definition) is 5. The van der Waals surface area contributed by atoms with E-state index in [0.717, 1.165) is 19.4 Å². The van der Waals surface area contributed by atoms with E-state index in [4.69, 9.17) is 9.47 Å². The number of amides is 1. The molecule has 1 saturated heterocycles. The third-order valence-electron chi connectivity index (χ3n) is 4.14. The molecule has 1 aliphatic rings. The van der Waals surface area contributed by atoms with Crippen LogP contribution in [0.5, 0.6) is 5.75 Å². The van der Waals surface area contributed by atoms with Gasteiger partial charge >= 0.3 is 5.97 Å². The van der Waals surface area contributed by atoms with Gasteiger partial charge in [-0.3, -0.25) is 4.79 Å². The molecule has 3 rings (SSSR count). The SMILES string of the molecule is COC(=O)c1ccc(NC(=O)c2ccc(OC[C@@H]3CCCO3)cc2)cc1. The van der Waals surface area contributed by atoms with Crippen LogP contribution in [0.1, 0.15) is 33.6 Å². The van der Waals surface area contributed by atoms with Crippen LogP contribution >= 0.6 is 0 Å². The summed E-state index contributed by atoms with van der Waals surface area (Å²) in [6, 6.07) is 13.5. The Morgan fingerprint density at radius 1 is 1.08 bits per heavy atom. The number of methoxy groups -OCH3 is 1. The van der Waals surface area contributed by atoms with Gasteiger partial charge in [-0.15, -0.1) is 0 Å². The number of hydrogen-bond donors (Lipinski definition) is 1. The molecule has 2 aromatic carbocycles. The monoisotopic (exact) mass is 355 g/mol. The molecule has 26 heavy (non-hydrogen) atoms. The van der Waals surface area contributed by atoms with Gasteiger partial charge in [0.2, 0.25) is 0 Å². The topological polar surface area (TPSA) is 73.9 Å². The highest BCUT2D eigenvalue weighted by Gasteiger charge is 2.16. The summed E-state index contributed by atoms with van der Waals surface area (Å²) >= 11 is 0. The Bertz CT molecular complexity index is 749. The first-order valence-corrected chi connectivity index (χ1v) is 8.50. The summed E-state index contributed by atoms with van der Waals surface area (Å²) < 4.78 is 15.8.